The van der Waals surface area contributed by atoms with Crippen LogP contribution in [-0.2, 0) is 0 Å². The van der Waals surface area contributed by atoms with Crippen LogP contribution in [0.15, 0.2) is 54.6 Å². The van der Waals surface area contributed by atoms with E-state index >= 15 is 0 Å². The van der Waals surface area contributed by atoms with Crippen LogP contribution in [0.25, 0.3) is 11.1 Å². The normalized spacial score (nSPS) is 15.2. The topological polar surface area (TPSA) is 45.0 Å². The molecular weight excluding hydrogens is 260 g/mol. The van der Waals surface area contributed by atoms with Gasteiger partial charge in [-0.15, -0.1) is 0 Å². The third-order valence-corrected chi connectivity index (χ3v) is 3.55. The molecule has 106 valence electrons. The van der Waals surface area contributed by atoms with Crippen LogP contribution < -0.4 is 10.1 Å². The quantitative estimate of drug-likeness (QED) is 0.881. The van der Waals surface area contributed by atoms with Gasteiger partial charge in [0.15, 0.2) is 0 Å². The van der Waals surface area contributed by atoms with E-state index in [2.05, 4.69) is 23.5 Å². The van der Waals surface area contributed by atoms with E-state index in [0.717, 1.165) is 11.3 Å². The van der Waals surface area contributed by atoms with Crippen LogP contribution in [-0.4, -0.2) is 18.7 Å². The first-order valence-corrected chi connectivity index (χ1v) is 7.29. The van der Waals surface area contributed by atoms with Crippen LogP contribution in [0.3, 0.4) is 0 Å². The Kier molecular flexibility index (Phi) is 4.18. The van der Waals surface area contributed by atoms with Gasteiger partial charge in [-0.3, -0.25) is 5.32 Å². The van der Waals surface area contributed by atoms with E-state index in [0.29, 0.717) is 12.6 Å². The molecule has 1 atom stereocenters. The number of hydrogen-bond donors (Lipinski definition) is 1. The summed E-state index contributed by atoms with van der Waals surface area (Å²) in [6, 6.07) is 20.8. The SMILES string of the molecule is N#CC(COc1ccc(-c2ccccc2)cc1)NC1CC1. The van der Waals surface area contributed by atoms with E-state index in [-0.39, 0.29) is 6.04 Å². The van der Waals surface area contributed by atoms with Crippen molar-refractivity contribution in [2.45, 2.75) is 24.9 Å². The van der Waals surface area contributed by atoms with Crippen molar-refractivity contribution in [1.29, 1.82) is 5.26 Å². The van der Waals surface area contributed by atoms with Crippen LogP contribution in [0.1, 0.15) is 12.8 Å². The first-order chi connectivity index (χ1) is 10.3. The van der Waals surface area contributed by atoms with Gasteiger partial charge in [0, 0.05) is 6.04 Å². The highest BCUT2D eigenvalue weighted by atomic mass is 16.5. The lowest BCUT2D eigenvalue weighted by molar-refractivity contribution is 0.288. The predicted molar refractivity (Wildman–Crippen MR) is 82.9 cm³/mol. The summed E-state index contributed by atoms with van der Waals surface area (Å²) in [4.78, 5) is 0. The van der Waals surface area contributed by atoms with Crippen molar-refractivity contribution in [3.63, 3.8) is 0 Å². The van der Waals surface area contributed by atoms with E-state index in [4.69, 9.17) is 10.00 Å². The van der Waals surface area contributed by atoms with Crippen LogP contribution in [0.5, 0.6) is 5.75 Å². The lowest BCUT2D eigenvalue weighted by Crippen LogP contribution is -2.34. The molecule has 0 amide bonds. The molecule has 2 aromatic carbocycles. The van der Waals surface area contributed by atoms with Crippen LogP contribution in [0.4, 0.5) is 0 Å². The summed E-state index contributed by atoms with van der Waals surface area (Å²) in [5.41, 5.74) is 2.35. The highest BCUT2D eigenvalue weighted by Gasteiger charge is 2.24. The molecule has 1 aliphatic carbocycles. The molecule has 0 saturated heterocycles. The third kappa shape index (κ3) is 3.84. The zero-order valence-corrected chi connectivity index (χ0v) is 11.8. The van der Waals surface area contributed by atoms with Crippen molar-refractivity contribution in [2.24, 2.45) is 0 Å². The Morgan fingerprint density at radius 2 is 1.71 bits per heavy atom. The lowest BCUT2D eigenvalue weighted by atomic mass is 10.1. The van der Waals surface area contributed by atoms with Crippen molar-refractivity contribution < 1.29 is 4.74 Å². The zero-order valence-electron chi connectivity index (χ0n) is 11.8. The summed E-state index contributed by atoms with van der Waals surface area (Å²) in [5.74, 6) is 0.799. The Morgan fingerprint density at radius 3 is 2.33 bits per heavy atom. The number of benzene rings is 2. The van der Waals surface area contributed by atoms with E-state index in [9.17, 15) is 0 Å². The number of nitriles is 1. The van der Waals surface area contributed by atoms with Crippen LogP contribution >= 0.6 is 0 Å². The molecule has 21 heavy (non-hydrogen) atoms. The molecule has 2 aromatic rings. The zero-order chi connectivity index (χ0) is 14.5. The van der Waals surface area contributed by atoms with E-state index in [1.807, 2.05) is 42.5 Å². The Bertz CT molecular complexity index is 612. The summed E-state index contributed by atoms with van der Waals surface area (Å²) < 4.78 is 5.69. The second-order valence-electron chi connectivity index (χ2n) is 5.32. The second-order valence-corrected chi connectivity index (χ2v) is 5.32. The third-order valence-electron chi connectivity index (χ3n) is 3.55. The average molecular weight is 278 g/mol. The first kappa shape index (κ1) is 13.7. The van der Waals surface area contributed by atoms with Gasteiger partial charge in [0.2, 0.25) is 0 Å². The molecule has 1 aliphatic rings. The standard InChI is InChI=1S/C18H18N2O/c19-12-17(20-16-8-9-16)13-21-18-10-6-15(7-11-18)14-4-2-1-3-5-14/h1-7,10-11,16-17,20H,8-9,13H2. The molecule has 0 heterocycles. The van der Waals surface area contributed by atoms with Gasteiger partial charge >= 0.3 is 0 Å². The van der Waals surface area contributed by atoms with Gasteiger partial charge in [0.25, 0.3) is 0 Å². The molecule has 0 aliphatic heterocycles. The fourth-order valence-corrected chi connectivity index (χ4v) is 2.21. The number of nitrogens with one attached hydrogen (secondary N) is 1. The minimum absolute atomic E-state index is 0.230. The number of nitrogens with zero attached hydrogens (tertiary/aromatic N) is 1. The Labute approximate surface area is 125 Å². The molecule has 0 bridgehead atoms. The van der Waals surface area contributed by atoms with Crippen molar-refractivity contribution >= 4 is 0 Å². The minimum Gasteiger partial charge on any atom is -0.491 e. The van der Waals surface area contributed by atoms with Gasteiger partial charge in [-0.2, -0.15) is 5.26 Å². The first-order valence-electron chi connectivity index (χ1n) is 7.29. The van der Waals surface area contributed by atoms with Gasteiger partial charge in [0.05, 0.1) is 6.07 Å². The molecule has 3 nitrogen and oxygen atoms in total. The molecule has 3 rings (SSSR count). The molecule has 1 saturated carbocycles. The summed E-state index contributed by atoms with van der Waals surface area (Å²) in [5, 5.41) is 12.3. The van der Waals surface area contributed by atoms with Crippen molar-refractivity contribution in [3.05, 3.63) is 54.6 Å². The monoisotopic (exact) mass is 278 g/mol. The molecule has 3 heteroatoms. The summed E-state index contributed by atoms with van der Waals surface area (Å²) in [6.07, 6.45) is 2.34. The molecule has 0 aromatic heterocycles. The van der Waals surface area contributed by atoms with Gasteiger partial charge < -0.3 is 4.74 Å². The summed E-state index contributed by atoms with van der Waals surface area (Å²) >= 11 is 0. The number of ether oxygens (including phenoxy) is 1. The highest BCUT2D eigenvalue weighted by molar-refractivity contribution is 5.63. The molecule has 1 unspecified atom stereocenters. The lowest BCUT2D eigenvalue weighted by Gasteiger charge is -2.12. The van der Waals surface area contributed by atoms with E-state index in [1.165, 1.54) is 18.4 Å². The number of rotatable bonds is 6. The summed E-state index contributed by atoms with van der Waals surface area (Å²) in [6.45, 7) is 0.387. The highest BCUT2D eigenvalue weighted by Crippen LogP contribution is 2.22. The predicted octanol–water partition coefficient (Wildman–Crippen LogP) is 3.38. The fourth-order valence-electron chi connectivity index (χ4n) is 2.21. The van der Waals surface area contributed by atoms with Crippen molar-refractivity contribution in [2.75, 3.05) is 6.61 Å². The largest absolute Gasteiger partial charge is 0.491 e. The number of hydrogen-bond acceptors (Lipinski definition) is 3. The van der Waals surface area contributed by atoms with Gasteiger partial charge in [0.1, 0.15) is 18.4 Å². The van der Waals surface area contributed by atoms with Crippen LogP contribution in [0.2, 0.25) is 0 Å². The van der Waals surface area contributed by atoms with E-state index in [1.54, 1.807) is 0 Å². The molecule has 1 N–H and O–H groups in total. The molecule has 1 fully saturated rings. The molecular formula is C18H18N2O. The maximum Gasteiger partial charge on any atom is 0.130 e. The van der Waals surface area contributed by atoms with E-state index < -0.39 is 0 Å². The van der Waals surface area contributed by atoms with Gasteiger partial charge in [-0.1, -0.05) is 42.5 Å². The molecule has 0 radical (unpaired) electrons. The maximum atomic E-state index is 9.08. The maximum absolute atomic E-state index is 9.08. The Morgan fingerprint density at radius 1 is 1.05 bits per heavy atom. The minimum atomic E-state index is -0.230. The second kappa shape index (κ2) is 6.43. The Hall–Kier alpha value is -2.31. The van der Waals surface area contributed by atoms with Crippen molar-refractivity contribution in [3.8, 4) is 22.9 Å². The van der Waals surface area contributed by atoms with Crippen LogP contribution in [0, 0.1) is 11.3 Å². The summed E-state index contributed by atoms with van der Waals surface area (Å²) in [7, 11) is 0. The Balaban J connectivity index is 1.58. The van der Waals surface area contributed by atoms with Gasteiger partial charge in [-0.05, 0) is 36.1 Å². The average Bonchev–Trinajstić information content (AvgIpc) is 3.37. The fraction of sp³-hybridized carbons (Fsp3) is 0.278. The van der Waals surface area contributed by atoms with Crippen molar-refractivity contribution in [1.82, 2.24) is 5.32 Å². The van der Waals surface area contributed by atoms with Gasteiger partial charge in [-0.25, -0.2) is 0 Å². The molecule has 0 spiro atoms. The smallest absolute Gasteiger partial charge is 0.130 e.